The summed E-state index contributed by atoms with van der Waals surface area (Å²) in [6, 6.07) is 13.6. The van der Waals surface area contributed by atoms with Gasteiger partial charge in [0.1, 0.15) is 5.75 Å². The molecule has 2 saturated carbocycles. The van der Waals surface area contributed by atoms with Crippen molar-refractivity contribution in [3.8, 4) is 5.75 Å². The van der Waals surface area contributed by atoms with Gasteiger partial charge in [0, 0.05) is 16.8 Å². The zero-order chi connectivity index (χ0) is 19.3. The lowest BCUT2D eigenvalue weighted by Crippen LogP contribution is -2.44. The minimum absolute atomic E-state index is 0.0247. The molecule has 2 amide bonds. The summed E-state index contributed by atoms with van der Waals surface area (Å²) in [7, 11) is 0. The van der Waals surface area contributed by atoms with Crippen LogP contribution in [0.5, 0.6) is 5.75 Å². The average Bonchev–Trinajstić information content (AvgIpc) is 3.29. The van der Waals surface area contributed by atoms with Gasteiger partial charge in [0.2, 0.25) is 11.8 Å². The fourth-order valence-electron chi connectivity index (χ4n) is 3.82. The van der Waals surface area contributed by atoms with Crippen LogP contribution in [-0.4, -0.2) is 24.5 Å². The summed E-state index contributed by atoms with van der Waals surface area (Å²) in [5, 5.41) is 8.20. The molecule has 2 aliphatic rings. The summed E-state index contributed by atoms with van der Waals surface area (Å²) in [6.07, 6.45) is 3.45. The fourth-order valence-corrected chi connectivity index (χ4v) is 4.47. The van der Waals surface area contributed by atoms with Crippen LogP contribution in [0.15, 0.2) is 47.8 Å². The highest BCUT2D eigenvalue weighted by Crippen LogP contribution is 2.35. The first-order valence-corrected chi connectivity index (χ1v) is 10.9. The molecule has 2 aromatic rings. The maximum Gasteiger partial charge on any atom is 0.225 e. The largest absolute Gasteiger partial charge is 0.493 e. The van der Waals surface area contributed by atoms with Gasteiger partial charge in [-0.3, -0.25) is 9.59 Å². The van der Waals surface area contributed by atoms with Crippen molar-refractivity contribution >= 4 is 23.2 Å². The van der Waals surface area contributed by atoms with E-state index in [4.69, 9.17) is 4.74 Å². The molecule has 2 aliphatic carbocycles. The van der Waals surface area contributed by atoms with Crippen molar-refractivity contribution in [2.24, 2.45) is 17.8 Å². The summed E-state index contributed by atoms with van der Waals surface area (Å²) < 4.78 is 5.91. The Kier molecular flexibility index (Phi) is 5.95. The number of nitrogens with one attached hydrogen (secondary N) is 2. The molecule has 0 radical (unpaired) electrons. The zero-order valence-corrected chi connectivity index (χ0v) is 16.6. The predicted octanol–water partition coefficient (Wildman–Crippen LogP) is 3.36. The zero-order valence-electron chi connectivity index (χ0n) is 15.8. The minimum atomic E-state index is -0.202. The van der Waals surface area contributed by atoms with E-state index in [1.807, 2.05) is 47.8 Å². The summed E-state index contributed by atoms with van der Waals surface area (Å²) in [5.74, 6) is 1.16. The van der Waals surface area contributed by atoms with Crippen LogP contribution in [0.4, 0.5) is 0 Å². The van der Waals surface area contributed by atoms with Crippen molar-refractivity contribution in [3.63, 3.8) is 0 Å². The first-order chi connectivity index (χ1) is 13.7. The van der Waals surface area contributed by atoms with E-state index in [9.17, 15) is 9.59 Å². The van der Waals surface area contributed by atoms with Gasteiger partial charge in [-0.15, -0.1) is 11.3 Å². The van der Waals surface area contributed by atoms with Crippen molar-refractivity contribution in [1.82, 2.24) is 10.6 Å². The van der Waals surface area contributed by atoms with Crippen LogP contribution in [0.25, 0.3) is 0 Å². The Bertz CT molecular complexity index is 789. The van der Waals surface area contributed by atoms with Gasteiger partial charge in [-0.1, -0.05) is 24.3 Å². The first kappa shape index (κ1) is 19.0. The Morgan fingerprint density at radius 2 is 1.86 bits per heavy atom. The molecule has 6 heteroatoms. The quantitative estimate of drug-likeness (QED) is 0.716. The van der Waals surface area contributed by atoms with Crippen LogP contribution in [0.1, 0.15) is 30.6 Å². The van der Waals surface area contributed by atoms with Crippen LogP contribution >= 0.6 is 11.3 Å². The topological polar surface area (TPSA) is 67.4 Å². The molecule has 0 unspecified atom stereocenters. The molecule has 0 spiro atoms. The van der Waals surface area contributed by atoms with E-state index in [-0.39, 0.29) is 35.6 Å². The molecule has 2 N–H and O–H groups in total. The van der Waals surface area contributed by atoms with Gasteiger partial charge in [-0.2, -0.15) is 0 Å². The normalized spacial score (nSPS) is 23.9. The van der Waals surface area contributed by atoms with Crippen LogP contribution in [0.2, 0.25) is 0 Å². The van der Waals surface area contributed by atoms with Gasteiger partial charge in [0.05, 0.1) is 19.1 Å². The number of ether oxygens (including phenoxy) is 1. The first-order valence-electron chi connectivity index (χ1n) is 9.97. The molecular weight excluding hydrogens is 372 g/mol. The molecule has 0 aliphatic heterocycles. The second-order valence-corrected chi connectivity index (χ2v) is 8.79. The standard InChI is InChI=1S/C22H26N2O3S/c25-21(16-8-9-16)24-20-12-15(14-27-17-5-2-1-3-6-17)11-19(20)22(26)23-13-18-7-4-10-28-18/h1-7,10,15-16,19-20H,8-9,11-14H2,(H,23,26)(H,24,25)/t15-,19-,20-/m1/s1. The molecule has 4 rings (SSSR count). The second-order valence-electron chi connectivity index (χ2n) is 7.75. The minimum Gasteiger partial charge on any atom is -0.493 e. The van der Waals surface area contributed by atoms with Gasteiger partial charge in [0.15, 0.2) is 0 Å². The Balaban J connectivity index is 1.35. The van der Waals surface area contributed by atoms with Gasteiger partial charge in [-0.05, 0) is 55.2 Å². The fraction of sp³-hybridized carbons (Fsp3) is 0.455. The van der Waals surface area contributed by atoms with E-state index in [1.54, 1.807) is 11.3 Å². The van der Waals surface area contributed by atoms with Crippen molar-refractivity contribution < 1.29 is 14.3 Å². The Morgan fingerprint density at radius 3 is 2.57 bits per heavy atom. The maximum absolute atomic E-state index is 12.8. The lowest BCUT2D eigenvalue weighted by atomic mass is 10.0. The number of carbonyl (C=O) groups is 2. The molecule has 0 saturated heterocycles. The average molecular weight is 399 g/mol. The number of rotatable bonds is 8. The number of carbonyl (C=O) groups excluding carboxylic acids is 2. The smallest absolute Gasteiger partial charge is 0.225 e. The number of benzene rings is 1. The maximum atomic E-state index is 12.8. The number of thiophene rings is 1. The highest BCUT2D eigenvalue weighted by atomic mass is 32.1. The number of hydrogen-bond acceptors (Lipinski definition) is 4. The van der Waals surface area contributed by atoms with Gasteiger partial charge in [0.25, 0.3) is 0 Å². The Labute approximate surface area is 169 Å². The summed E-state index contributed by atoms with van der Waals surface area (Å²) in [4.78, 5) is 26.3. The molecule has 148 valence electrons. The molecule has 1 heterocycles. The summed E-state index contributed by atoms with van der Waals surface area (Å²) in [5.41, 5.74) is 0. The molecular formula is C22H26N2O3S. The SMILES string of the molecule is O=C(N[C@@H]1C[C@H](COc2ccccc2)C[C@H]1C(=O)NCc1cccs1)C1CC1. The van der Waals surface area contributed by atoms with E-state index < -0.39 is 0 Å². The third-order valence-electron chi connectivity index (χ3n) is 5.52. The van der Waals surface area contributed by atoms with Gasteiger partial charge < -0.3 is 15.4 Å². The van der Waals surface area contributed by atoms with Gasteiger partial charge >= 0.3 is 0 Å². The Hall–Kier alpha value is -2.34. The third-order valence-corrected chi connectivity index (χ3v) is 6.40. The molecule has 3 atom stereocenters. The number of hydrogen-bond donors (Lipinski definition) is 2. The molecule has 0 bridgehead atoms. The Morgan fingerprint density at radius 1 is 1.04 bits per heavy atom. The van der Waals surface area contributed by atoms with E-state index in [2.05, 4.69) is 10.6 Å². The van der Waals surface area contributed by atoms with Crippen molar-refractivity contribution in [2.75, 3.05) is 6.61 Å². The van der Waals surface area contributed by atoms with Crippen LogP contribution in [0, 0.1) is 17.8 Å². The molecule has 5 nitrogen and oxygen atoms in total. The number of para-hydroxylation sites is 1. The van der Waals surface area contributed by atoms with Gasteiger partial charge in [-0.25, -0.2) is 0 Å². The molecule has 28 heavy (non-hydrogen) atoms. The second kappa shape index (κ2) is 8.78. The highest BCUT2D eigenvalue weighted by Gasteiger charge is 2.41. The lowest BCUT2D eigenvalue weighted by molar-refractivity contribution is -0.127. The molecule has 1 aromatic heterocycles. The molecule has 2 fully saturated rings. The van der Waals surface area contributed by atoms with Crippen molar-refractivity contribution in [3.05, 3.63) is 52.7 Å². The summed E-state index contributed by atoms with van der Waals surface area (Å²) in [6.45, 7) is 1.11. The van der Waals surface area contributed by atoms with E-state index in [0.29, 0.717) is 13.2 Å². The van der Waals surface area contributed by atoms with Crippen molar-refractivity contribution in [1.29, 1.82) is 0 Å². The third kappa shape index (κ3) is 4.93. The highest BCUT2D eigenvalue weighted by molar-refractivity contribution is 7.09. The summed E-state index contributed by atoms with van der Waals surface area (Å²) >= 11 is 1.63. The monoisotopic (exact) mass is 398 g/mol. The lowest BCUT2D eigenvalue weighted by Gasteiger charge is -2.20. The van der Waals surface area contributed by atoms with E-state index >= 15 is 0 Å². The molecule has 1 aromatic carbocycles. The van der Waals surface area contributed by atoms with Crippen molar-refractivity contribution in [2.45, 2.75) is 38.3 Å². The van der Waals surface area contributed by atoms with E-state index in [1.165, 1.54) is 0 Å². The number of amides is 2. The van der Waals surface area contributed by atoms with Crippen LogP contribution in [-0.2, 0) is 16.1 Å². The van der Waals surface area contributed by atoms with Crippen LogP contribution in [0.3, 0.4) is 0 Å². The predicted molar refractivity (Wildman–Crippen MR) is 109 cm³/mol. The van der Waals surface area contributed by atoms with E-state index in [0.717, 1.165) is 36.3 Å². The van der Waals surface area contributed by atoms with Crippen LogP contribution < -0.4 is 15.4 Å².